The molecule has 1 unspecified atom stereocenters. The molecule has 7 nitrogen and oxygen atoms in total. The van der Waals surface area contributed by atoms with Crippen LogP contribution in [0.5, 0.6) is 0 Å². The van der Waals surface area contributed by atoms with Crippen LogP contribution in [0.2, 0.25) is 5.02 Å². The van der Waals surface area contributed by atoms with E-state index in [-0.39, 0.29) is 6.03 Å². The number of amides is 2. The number of hydrogen-bond acceptors (Lipinski definition) is 6. The summed E-state index contributed by atoms with van der Waals surface area (Å²) in [6.07, 6.45) is 2.03. The molecule has 4 rings (SSSR count). The topological polar surface area (TPSA) is 80.5 Å². The Kier molecular flexibility index (Phi) is 6.83. The Labute approximate surface area is 195 Å². The fourth-order valence-electron chi connectivity index (χ4n) is 3.61. The highest BCUT2D eigenvalue weighted by Crippen LogP contribution is 2.37. The number of rotatable bonds is 7. The maximum absolute atomic E-state index is 12.9. The summed E-state index contributed by atoms with van der Waals surface area (Å²) in [7, 11) is 1.61. The molecule has 2 aromatic carbocycles. The molecule has 1 aromatic heterocycles. The van der Waals surface area contributed by atoms with Gasteiger partial charge in [-0.3, -0.25) is 4.90 Å². The molecule has 1 aliphatic rings. The first-order valence-corrected chi connectivity index (χ1v) is 11.6. The van der Waals surface area contributed by atoms with Gasteiger partial charge >= 0.3 is 6.03 Å². The minimum Gasteiger partial charge on any atom is -0.383 e. The van der Waals surface area contributed by atoms with Crippen molar-refractivity contribution in [1.29, 1.82) is 0 Å². The quantitative estimate of drug-likeness (QED) is 0.474. The number of urea groups is 1. The fraction of sp³-hybridized carbons (Fsp3) is 0.261. The highest BCUT2D eigenvalue weighted by atomic mass is 35.5. The van der Waals surface area contributed by atoms with E-state index in [0.717, 1.165) is 27.3 Å². The Bertz CT molecular complexity index is 1130. The molecule has 0 radical (unpaired) electrons. The molecule has 1 N–H and O–H groups in total. The van der Waals surface area contributed by atoms with Gasteiger partial charge in [0.2, 0.25) is 5.82 Å². The van der Waals surface area contributed by atoms with E-state index in [9.17, 15) is 4.79 Å². The number of methoxy groups -OCH3 is 1. The van der Waals surface area contributed by atoms with Gasteiger partial charge in [0.1, 0.15) is 0 Å². The zero-order valence-corrected chi connectivity index (χ0v) is 19.5. The number of nitrogens with zero attached hydrogens (tertiary/aromatic N) is 3. The van der Waals surface area contributed by atoms with Crippen molar-refractivity contribution in [2.24, 2.45) is 0 Å². The van der Waals surface area contributed by atoms with Crippen molar-refractivity contribution in [2.45, 2.75) is 17.9 Å². The molecule has 0 fully saturated rings. The number of aromatic nitrogens is 2. The van der Waals surface area contributed by atoms with Crippen LogP contribution in [-0.4, -0.2) is 47.6 Å². The Balaban J connectivity index is 1.77. The van der Waals surface area contributed by atoms with Crippen LogP contribution in [0.15, 0.2) is 63.6 Å². The van der Waals surface area contributed by atoms with Crippen LogP contribution in [0, 0.1) is 0 Å². The second-order valence-corrected chi connectivity index (χ2v) is 8.55. The molecule has 0 saturated heterocycles. The first-order valence-electron chi connectivity index (χ1n) is 10.0. The van der Waals surface area contributed by atoms with Crippen LogP contribution in [0.1, 0.15) is 24.4 Å². The lowest BCUT2D eigenvalue weighted by Crippen LogP contribution is -2.47. The largest absolute Gasteiger partial charge is 0.383 e. The van der Waals surface area contributed by atoms with Crippen molar-refractivity contribution >= 4 is 35.0 Å². The minimum absolute atomic E-state index is 0.195. The van der Waals surface area contributed by atoms with Crippen molar-refractivity contribution in [3.05, 3.63) is 70.7 Å². The predicted octanol–water partition coefficient (Wildman–Crippen LogP) is 5.26. The number of halogens is 1. The van der Waals surface area contributed by atoms with E-state index in [1.54, 1.807) is 35.9 Å². The predicted molar refractivity (Wildman–Crippen MR) is 125 cm³/mol. The van der Waals surface area contributed by atoms with Gasteiger partial charge in [0, 0.05) is 28.3 Å². The number of benzene rings is 2. The van der Waals surface area contributed by atoms with Crippen LogP contribution < -0.4 is 5.32 Å². The first-order chi connectivity index (χ1) is 15.5. The van der Waals surface area contributed by atoms with Gasteiger partial charge in [0.25, 0.3) is 5.89 Å². The molecule has 166 valence electrons. The van der Waals surface area contributed by atoms with Gasteiger partial charge in [0.05, 0.1) is 24.8 Å². The van der Waals surface area contributed by atoms with Gasteiger partial charge in [0.15, 0.2) is 0 Å². The van der Waals surface area contributed by atoms with E-state index in [0.29, 0.717) is 29.9 Å². The van der Waals surface area contributed by atoms with Gasteiger partial charge in [-0.1, -0.05) is 28.9 Å². The average Bonchev–Trinajstić information content (AvgIpc) is 3.29. The molecule has 2 heterocycles. The third-order valence-electron chi connectivity index (χ3n) is 5.32. The van der Waals surface area contributed by atoms with Crippen molar-refractivity contribution in [1.82, 2.24) is 20.4 Å². The van der Waals surface area contributed by atoms with Crippen LogP contribution in [0.25, 0.3) is 17.0 Å². The zero-order valence-electron chi connectivity index (χ0n) is 18.0. The summed E-state index contributed by atoms with van der Waals surface area (Å²) in [4.78, 5) is 20.3. The van der Waals surface area contributed by atoms with Gasteiger partial charge in [-0.15, -0.1) is 11.8 Å². The van der Waals surface area contributed by atoms with Crippen molar-refractivity contribution in [3.63, 3.8) is 0 Å². The van der Waals surface area contributed by atoms with E-state index >= 15 is 0 Å². The van der Waals surface area contributed by atoms with Gasteiger partial charge in [-0.25, -0.2) is 4.79 Å². The number of thioether (sulfide) groups is 1. The third kappa shape index (κ3) is 4.53. The number of ether oxygens (including phenoxy) is 1. The highest BCUT2D eigenvalue weighted by molar-refractivity contribution is 7.98. The number of allylic oxidation sites excluding steroid dienone is 1. The van der Waals surface area contributed by atoms with Crippen LogP contribution in [0.4, 0.5) is 4.79 Å². The third-order valence-corrected chi connectivity index (χ3v) is 6.32. The Hall–Kier alpha value is -2.81. The lowest BCUT2D eigenvalue weighted by molar-refractivity contribution is 0.158. The lowest BCUT2D eigenvalue weighted by atomic mass is 9.94. The normalized spacial score (nSPS) is 16.4. The molecule has 32 heavy (non-hydrogen) atoms. The Morgan fingerprint density at radius 2 is 1.91 bits per heavy atom. The number of nitrogens with one attached hydrogen (secondary N) is 1. The van der Waals surface area contributed by atoms with E-state index in [1.807, 2.05) is 49.6 Å². The monoisotopic (exact) mass is 470 g/mol. The van der Waals surface area contributed by atoms with Crippen LogP contribution in [0.3, 0.4) is 0 Å². The fourth-order valence-corrected chi connectivity index (χ4v) is 4.14. The Morgan fingerprint density at radius 1 is 1.19 bits per heavy atom. The molecule has 0 bridgehead atoms. The Morgan fingerprint density at radius 3 is 2.56 bits per heavy atom. The second kappa shape index (κ2) is 9.77. The second-order valence-electron chi connectivity index (χ2n) is 7.23. The van der Waals surface area contributed by atoms with Gasteiger partial charge < -0.3 is 14.6 Å². The number of carbonyl (C=O) groups is 1. The van der Waals surface area contributed by atoms with Crippen LogP contribution in [-0.2, 0) is 4.74 Å². The first kappa shape index (κ1) is 22.4. The number of hydrogen-bond donors (Lipinski definition) is 1. The molecule has 1 aliphatic heterocycles. The molecule has 0 spiro atoms. The van der Waals surface area contributed by atoms with E-state index in [2.05, 4.69) is 15.5 Å². The van der Waals surface area contributed by atoms with Crippen molar-refractivity contribution in [2.75, 3.05) is 26.5 Å². The molecule has 2 amide bonds. The smallest absolute Gasteiger partial charge is 0.322 e. The maximum Gasteiger partial charge on any atom is 0.322 e. The summed E-state index contributed by atoms with van der Waals surface area (Å²) in [5.74, 6) is 0.808. The average molecular weight is 471 g/mol. The van der Waals surface area contributed by atoms with E-state index < -0.39 is 6.04 Å². The van der Waals surface area contributed by atoms with Crippen LogP contribution >= 0.6 is 23.4 Å². The summed E-state index contributed by atoms with van der Waals surface area (Å²) in [5.41, 5.74) is 3.23. The molecule has 3 aromatic rings. The minimum atomic E-state index is -0.421. The van der Waals surface area contributed by atoms with E-state index in [1.165, 1.54) is 0 Å². The summed E-state index contributed by atoms with van der Waals surface area (Å²) in [6.45, 7) is 2.71. The van der Waals surface area contributed by atoms with Crippen molar-refractivity contribution < 1.29 is 14.1 Å². The summed E-state index contributed by atoms with van der Waals surface area (Å²) < 4.78 is 10.9. The lowest BCUT2D eigenvalue weighted by Gasteiger charge is -2.35. The molecule has 0 aliphatic carbocycles. The zero-order chi connectivity index (χ0) is 22.7. The highest BCUT2D eigenvalue weighted by Gasteiger charge is 2.35. The van der Waals surface area contributed by atoms with Gasteiger partial charge in [-0.2, -0.15) is 4.98 Å². The summed E-state index contributed by atoms with van der Waals surface area (Å²) in [5, 5.41) is 7.88. The van der Waals surface area contributed by atoms with E-state index in [4.69, 9.17) is 20.9 Å². The SMILES string of the molecule is COCCN1C(=O)NC(c2ccc(SC)cc2)C(c2nc(-c3ccc(Cl)cc3)no2)=C1C. The maximum atomic E-state index is 12.9. The standard InChI is InChI=1S/C23H23ClN4O3S/c1-14-19(22-26-21(27-31-22)16-4-8-17(24)9-5-16)20(15-6-10-18(32-3)11-7-15)25-23(29)28(14)12-13-30-2/h4-11,20H,12-13H2,1-3H3,(H,25,29). The van der Waals surface area contributed by atoms with Crippen molar-refractivity contribution in [3.8, 4) is 11.4 Å². The number of carbonyl (C=O) groups excluding carboxylic acids is 1. The molecule has 9 heteroatoms. The van der Waals surface area contributed by atoms with Gasteiger partial charge in [-0.05, 0) is 55.1 Å². The summed E-state index contributed by atoms with van der Waals surface area (Å²) in [6, 6.07) is 14.7. The summed E-state index contributed by atoms with van der Waals surface area (Å²) >= 11 is 7.66. The molecule has 1 atom stereocenters. The molecular formula is C23H23ClN4O3S. The molecular weight excluding hydrogens is 448 g/mol. The molecule has 0 saturated carbocycles.